The van der Waals surface area contributed by atoms with Crippen molar-refractivity contribution in [3.05, 3.63) is 64.5 Å². The van der Waals surface area contributed by atoms with Crippen LogP contribution in [-0.4, -0.2) is 6.54 Å². The molecule has 0 amide bonds. The number of nitrogens with two attached hydrogens (primary N) is 1. The highest BCUT2D eigenvalue weighted by Gasteiger charge is 2.30. The van der Waals surface area contributed by atoms with Gasteiger partial charge in [-0.1, -0.05) is 18.2 Å². The van der Waals surface area contributed by atoms with Gasteiger partial charge < -0.3 is 11.1 Å². The van der Waals surface area contributed by atoms with E-state index in [4.69, 9.17) is 5.73 Å². The monoisotopic (exact) mass is 378 g/mol. The number of fused-ring (bicyclic) bond motifs is 1. The van der Waals surface area contributed by atoms with Crippen LogP contribution in [0, 0.1) is 0 Å². The van der Waals surface area contributed by atoms with E-state index in [9.17, 15) is 13.2 Å². The van der Waals surface area contributed by atoms with E-state index in [-0.39, 0.29) is 6.04 Å². The molecule has 3 aromatic rings. The molecule has 0 saturated heterocycles. The summed E-state index contributed by atoms with van der Waals surface area (Å²) in [6, 6.07) is 11.6. The molecular formula is C20H21F3N2S. The SMILES string of the molecule is CC(NCCCc1cccc(C(F)(F)F)c1)c1csc2ccc(N)cc12. The molecule has 0 fully saturated rings. The Morgan fingerprint density at radius 2 is 1.96 bits per heavy atom. The molecule has 2 nitrogen and oxygen atoms in total. The Kier molecular flexibility index (Phi) is 5.53. The zero-order chi connectivity index (χ0) is 18.7. The minimum Gasteiger partial charge on any atom is -0.399 e. The highest BCUT2D eigenvalue weighted by Crippen LogP contribution is 2.32. The van der Waals surface area contributed by atoms with Crippen molar-refractivity contribution >= 4 is 27.1 Å². The van der Waals surface area contributed by atoms with E-state index in [1.807, 2.05) is 18.2 Å². The van der Waals surface area contributed by atoms with Gasteiger partial charge in [0.25, 0.3) is 0 Å². The van der Waals surface area contributed by atoms with Crippen LogP contribution in [-0.2, 0) is 12.6 Å². The summed E-state index contributed by atoms with van der Waals surface area (Å²) in [4.78, 5) is 0. The van der Waals surface area contributed by atoms with E-state index in [2.05, 4.69) is 17.6 Å². The highest BCUT2D eigenvalue weighted by molar-refractivity contribution is 7.17. The van der Waals surface area contributed by atoms with E-state index in [0.717, 1.165) is 30.1 Å². The van der Waals surface area contributed by atoms with Crippen LogP contribution in [0.1, 0.15) is 36.1 Å². The Balaban J connectivity index is 1.56. The smallest absolute Gasteiger partial charge is 0.399 e. The maximum Gasteiger partial charge on any atom is 0.416 e. The average molecular weight is 378 g/mol. The Labute approximate surface area is 154 Å². The Morgan fingerprint density at radius 1 is 1.15 bits per heavy atom. The molecule has 138 valence electrons. The average Bonchev–Trinajstić information content (AvgIpc) is 3.01. The van der Waals surface area contributed by atoms with Crippen LogP contribution in [0.5, 0.6) is 0 Å². The molecule has 6 heteroatoms. The van der Waals surface area contributed by atoms with Crippen molar-refractivity contribution in [2.75, 3.05) is 12.3 Å². The first-order valence-electron chi connectivity index (χ1n) is 8.51. The number of hydrogen-bond donors (Lipinski definition) is 2. The third-order valence-corrected chi connectivity index (χ3v) is 5.42. The van der Waals surface area contributed by atoms with E-state index >= 15 is 0 Å². The van der Waals surface area contributed by atoms with E-state index in [0.29, 0.717) is 12.0 Å². The first kappa shape index (κ1) is 18.7. The lowest BCUT2D eigenvalue weighted by atomic mass is 10.0. The van der Waals surface area contributed by atoms with Gasteiger partial charge in [-0.05, 0) is 72.5 Å². The van der Waals surface area contributed by atoms with Crippen molar-refractivity contribution in [2.45, 2.75) is 32.0 Å². The van der Waals surface area contributed by atoms with Crippen LogP contribution in [0.25, 0.3) is 10.1 Å². The van der Waals surface area contributed by atoms with Gasteiger partial charge in [-0.2, -0.15) is 13.2 Å². The molecule has 0 aliphatic carbocycles. The maximum absolute atomic E-state index is 12.8. The van der Waals surface area contributed by atoms with Crippen molar-refractivity contribution in [1.29, 1.82) is 0 Å². The fraction of sp³-hybridized carbons (Fsp3) is 0.300. The predicted molar refractivity (Wildman–Crippen MR) is 102 cm³/mol. The van der Waals surface area contributed by atoms with Gasteiger partial charge in [0, 0.05) is 16.4 Å². The molecule has 3 rings (SSSR count). The summed E-state index contributed by atoms with van der Waals surface area (Å²) in [5, 5.41) is 6.75. The van der Waals surface area contributed by atoms with Crippen LogP contribution in [0.2, 0.25) is 0 Å². The van der Waals surface area contributed by atoms with Gasteiger partial charge in [0.15, 0.2) is 0 Å². The topological polar surface area (TPSA) is 38.0 Å². The number of hydrogen-bond acceptors (Lipinski definition) is 3. The quantitative estimate of drug-likeness (QED) is 0.421. The minimum atomic E-state index is -4.29. The molecule has 3 N–H and O–H groups in total. The predicted octanol–water partition coefficient (Wildman–Crippen LogP) is 5.79. The number of anilines is 1. The minimum absolute atomic E-state index is 0.159. The van der Waals surface area contributed by atoms with Gasteiger partial charge in [-0.25, -0.2) is 0 Å². The molecule has 0 spiro atoms. The van der Waals surface area contributed by atoms with Gasteiger partial charge in [-0.15, -0.1) is 11.3 Å². The van der Waals surface area contributed by atoms with Crippen LogP contribution in [0.4, 0.5) is 18.9 Å². The normalized spacial score (nSPS) is 13.2. The van der Waals surface area contributed by atoms with Crippen LogP contribution in [0.15, 0.2) is 47.8 Å². The number of halogens is 3. The van der Waals surface area contributed by atoms with Crippen molar-refractivity contribution in [3.63, 3.8) is 0 Å². The zero-order valence-corrected chi connectivity index (χ0v) is 15.3. The molecule has 0 saturated carbocycles. The molecule has 1 heterocycles. The van der Waals surface area contributed by atoms with E-state index < -0.39 is 11.7 Å². The second-order valence-electron chi connectivity index (χ2n) is 6.42. The Bertz CT molecular complexity index is 886. The lowest BCUT2D eigenvalue weighted by Gasteiger charge is -2.14. The van der Waals surface area contributed by atoms with Crippen LogP contribution >= 0.6 is 11.3 Å². The van der Waals surface area contributed by atoms with Crippen molar-refractivity contribution in [2.24, 2.45) is 0 Å². The first-order valence-corrected chi connectivity index (χ1v) is 9.38. The van der Waals surface area contributed by atoms with Gasteiger partial charge in [-0.3, -0.25) is 0 Å². The molecular weight excluding hydrogens is 357 g/mol. The molecule has 0 radical (unpaired) electrons. The summed E-state index contributed by atoms with van der Waals surface area (Å²) in [5.41, 5.74) is 7.96. The highest BCUT2D eigenvalue weighted by atomic mass is 32.1. The molecule has 0 aliphatic heterocycles. The second-order valence-corrected chi connectivity index (χ2v) is 7.34. The summed E-state index contributed by atoms with van der Waals surface area (Å²) in [5.74, 6) is 0. The van der Waals surface area contributed by atoms with E-state index in [1.165, 1.54) is 22.4 Å². The number of nitrogen functional groups attached to an aromatic ring is 1. The fourth-order valence-corrected chi connectivity index (χ4v) is 4.06. The third kappa shape index (κ3) is 4.37. The van der Waals surface area contributed by atoms with E-state index in [1.54, 1.807) is 17.4 Å². The maximum atomic E-state index is 12.8. The summed E-state index contributed by atoms with van der Waals surface area (Å²) >= 11 is 1.69. The summed E-state index contributed by atoms with van der Waals surface area (Å²) in [7, 11) is 0. The fourth-order valence-electron chi connectivity index (χ4n) is 3.03. The van der Waals surface area contributed by atoms with Crippen LogP contribution in [0.3, 0.4) is 0 Å². The molecule has 1 atom stereocenters. The largest absolute Gasteiger partial charge is 0.416 e. The van der Waals surface area contributed by atoms with Crippen molar-refractivity contribution in [1.82, 2.24) is 5.32 Å². The number of nitrogens with one attached hydrogen (secondary N) is 1. The van der Waals surface area contributed by atoms with Gasteiger partial charge in [0.1, 0.15) is 0 Å². The zero-order valence-electron chi connectivity index (χ0n) is 14.4. The number of aryl methyl sites for hydroxylation is 1. The number of thiophene rings is 1. The second kappa shape index (κ2) is 7.68. The van der Waals surface area contributed by atoms with Gasteiger partial charge in [0.2, 0.25) is 0 Å². The number of alkyl halides is 3. The number of benzene rings is 2. The van der Waals surface area contributed by atoms with Crippen LogP contribution < -0.4 is 11.1 Å². The molecule has 0 bridgehead atoms. The Morgan fingerprint density at radius 3 is 2.73 bits per heavy atom. The Hall–Kier alpha value is -2.05. The van der Waals surface area contributed by atoms with Crippen molar-refractivity contribution < 1.29 is 13.2 Å². The summed E-state index contributed by atoms with van der Waals surface area (Å²) in [6.07, 6.45) is -2.90. The molecule has 1 unspecified atom stereocenters. The molecule has 0 aliphatic rings. The summed E-state index contributed by atoms with van der Waals surface area (Å²) < 4.78 is 39.5. The van der Waals surface area contributed by atoms with Crippen molar-refractivity contribution in [3.8, 4) is 0 Å². The molecule has 1 aromatic heterocycles. The lowest BCUT2D eigenvalue weighted by molar-refractivity contribution is -0.137. The molecule has 26 heavy (non-hydrogen) atoms. The summed E-state index contributed by atoms with van der Waals surface area (Å²) in [6.45, 7) is 2.83. The number of rotatable bonds is 6. The first-order chi connectivity index (χ1) is 12.3. The standard InChI is InChI=1S/C20H21F3N2S/c1-13(18-12-26-19-8-7-16(24)11-17(18)19)25-9-3-5-14-4-2-6-15(10-14)20(21,22)23/h2,4,6-8,10-13,25H,3,5,9,24H2,1H3. The molecule has 2 aromatic carbocycles. The van der Waals surface area contributed by atoms with Gasteiger partial charge >= 0.3 is 6.18 Å². The van der Waals surface area contributed by atoms with Gasteiger partial charge in [0.05, 0.1) is 5.56 Å². The lowest BCUT2D eigenvalue weighted by Crippen LogP contribution is -2.20. The third-order valence-electron chi connectivity index (χ3n) is 4.44.